The SMILES string of the molecule is O=C(CC(=O)Nc1ccccc1F)NCC1CCCO1. The summed E-state index contributed by atoms with van der Waals surface area (Å²) in [6.07, 6.45) is 1.62. The zero-order valence-corrected chi connectivity index (χ0v) is 11.0. The molecule has 1 aliphatic rings. The van der Waals surface area contributed by atoms with Crippen LogP contribution in [0.15, 0.2) is 24.3 Å². The lowest BCUT2D eigenvalue weighted by atomic mass is 10.2. The molecular formula is C14H17FN2O3. The summed E-state index contributed by atoms with van der Waals surface area (Å²) in [6, 6.07) is 5.82. The van der Waals surface area contributed by atoms with E-state index >= 15 is 0 Å². The fourth-order valence-corrected chi connectivity index (χ4v) is 2.00. The Bertz CT molecular complexity index is 487. The molecule has 6 heteroatoms. The van der Waals surface area contributed by atoms with Crippen molar-refractivity contribution in [2.24, 2.45) is 0 Å². The predicted molar refractivity (Wildman–Crippen MR) is 71.6 cm³/mol. The monoisotopic (exact) mass is 280 g/mol. The van der Waals surface area contributed by atoms with Crippen molar-refractivity contribution in [3.63, 3.8) is 0 Å². The number of anilines is 1. The maximum atomic E-state index is 13.3. The molecule has 1 aromatic carbocycles. The lowest BCUT2D eigenvalue weighted by molar-refractivity contribution is -0.127. The maximum absolute atomic E-state index is 13.3. The van der Waals surface area contributed by atoms with Gasteiger partial charge < -0.3 is 15.4 Å². The third-order valence-corrected chi connectivity index (χ3v) is 3.02. The fraction of sp³-hybridized carbons (Fsp3) is 0.429. The summed E-state index contributed by atoms with van der Waals surface area (Å²) in [4.78, 5) is 23.2. The molecule has 0 spiro atoms. The van der Waals surface area contributed by atoms with Crippen LogP contribution in [0.3, 0.4) is 0 Å². The largest absolute Gasteiger partial charge is 0.376 e. The molecule has 2 amide bonds. The van der Waals surface area contributed by atoms with Crippen LogP contribution in [0.1, 0.15) is 19.3 Å². The minimum absolute atomic E-state index is 0.0357. The molecule has 108 valence electrons. The quantitative estimate of drug-likeness (QED) is 0.802. The number of carbonyl (C=O) groups excluding carboxylic acids is 2. The summed E-state index contributed by atoms with van der Waals surface area (Å²) < 4.78 is 18.7. The van der Waals surface area contributed by atoms with E-state index in [1.54, 1.807) is 6.07 Å². The molecule has 1 atom stereocenters. The predicted octanol–water partition coefficient (Wildman–Crippen LogP) is 1.45. The topological polar surface area (TPSA) is 67.4 Å². The number of rotatable bonds is 5. The highest BCUT2D eigenvalue weighted by Gasteiger charge is 2.17. The Kier molecular flexibility index (Phi) is 5.06. The number of halogens is 1. The minimum Gasteiger partial charge on any atom is -0.376 e. The normalized spacial score (nSPS) is 17.8. The van der Waals surface area contributed by atoms with Crippen LogP contribution in [-0.2, 0) is 14.3 Å². The van der Waals surface area contributed by atoms with E-state index in [4.69, 9.17) is 4.74 Å². The number of benzene rings is 1. The minimum atomic E-state index is -0.542. The van der Waals surface area contributed by atoms with Crippen LogP contribution in [-0.4, -0.2) is 31.1 Å². The molecule has 5 nitrogen and oxygen atoms in total. The number of amides is 2. The highest BCUT2D eigenvalue weighted by Crippen LogP contribution is 2.13. The van der Waals surface area contributed by atoms with E-state index in [0.717, 1.165) is 12.8 Å². The average Bonchev–Trinajstić information content (AvgIpc) is 2.92. The van der Waals surface area contributed by atoms with E-state index in [9.17, 15) is 14.0 Å². The van der Waals surface area contributed by atoms with Crippen molar-refractivity contribution < 1.29 is 18.7 Å². The van der Waals surface area contributed by atoms with Gasteiger partial charge in [-0.1, -0.05) is 12.1 Å². The Balaban J connectivity index is 1.73. The Labute approximate surface area is 116 Å². The van der Waals surface area contributed by atoms with Gasteiger partial charge in [0.2, 0.25) is 11.8 Å². The Morgan fingerprint density at radius 3 is 2.80 bits per heavy atom. The van der Waals surface area contributed by atoms with E-state index in [0.29, 0.717) is 13.2 Å². The number of carbonyl (C=O) groups is 2. The lowest BCUT2D eigenvalue weighted by Gasteiger charge is -2.11. The summed E-state index contributed by atoms with van der Waals surface area (Å²) in [6.45, 7) is 1.13. The van der Waals surface area contributed by atoms with Gasteiger partial charge >= 0.3 is 0 Å². The first-order valence-electron chi connectivity index (χ1n) is 6.58. The first-order chi connectivity index (χ1) is 9.65. The third-order valence-electron chi connectivity index (χ3n) is 3.02. The van der Waals surface area contributed by atoms with Gasteiger partial charge in [0, 0.05) is 13.2 Å². The summed E-state index contributed by atoms with van der Waals surface area (Å²) in [5.74, 6) is -1.46. The molecule has 2 rings (SSSR count). The van der Waals surface area contributed by atoms with Gasteiger partial charge in [0.05, 0.1) is 11.8 Å². The molecule has 1 fully saturated rings. The van der Waals surface area contributed by atoms with Crippen molar-refractivity contribution in [1.82, 2.24) is 5.32 Å². The van der Waals surface area contributed by atoms with E-state index < -0.39 is 17.6 Å². The summed E-state index contributed by atoms with van der Waals surface area (Å²) in [5, 5.41) is 5.00. The molecule has 1 aromatic rings. The second-order valence-electron chi connectivity index (χ2n) is 4.64. The van der Waals surface area contributed by atoms with Crippen LogP contribution >= 0.6 is 0 Å². The van der Waals surface area contributed by atoms with Gasteiger partial charge in [-0.25, -0.2) is 4.39 Å². The number of para-hydroxylation sites is 1. The van der Waals surface area contributed by atoms with Crippen molar-refractivity contribution in [1.29, 1.82) is 0 Å². The van der Waals surface area contributed by atoms with Crippen molar-refractivity contribution in [2.45, 2.75) is 25.4 Å². The summed E-state index contributed by atoms with van der Waals surface area (Å²) in [7, 11) is 0. The van der Waals surface area contributed by atoms with Gasteiger partial charge in [-0.2, -0.15) is 0 Å². The maximum Gasteiger partial charge on any atom is 0.233 e. The number of nitrogens with one attached hydrogen (secondary N) is 2. The first kappa shape index (κ1) is 14.5. The Morgan fingerprint density at radius 1 is 1.30 bits per heavy atom. The van der Waals surface area contributed by atoms with Gasteiger partial charge in [-0.05, 0) is 25.0 Å². The Morgan fingerprint density at radius 2 is 2.10 bits per heavy atom. The molecule has 0 aromatic heterocycles. The van der Waals surface area contributed by atoms with Crippen molar-refractivity contribution in [3.05, 3.63) is 30.1 Å². The van der Waals surface area contributed by atoms with E-state index in [1.807, 2.05) is 0 Å². The smallest absolute Gasteiger partial charge is 0.233 e. The highest BCUT2D eigenvalue weighted by molar-refractivity contribution is 6.03. The summed E-state index contributed by atoms with van der Waals surface area (Å²) >= 11 is 0. The van der Waals surface area contributed by atoms with Gasteiger partial charge in [0.1, 0.15) is 12.2 Å². The molecule has 2 N–H and O–H groups in total. The highest BCUT2D eigenvalue weighted by atomic mass is 19.1. The van der Waals surface area contributed by atoms with Crippen molar-refractivity contribution in [3.8, 4) is 0 Å². The van der Waals surface area contributed by atoms with E-state index in [1.165, 1.54) is 18.2 Å². The number of ether oxygens (including phenoxy) is 1. The van der Waals surface area contributed by atoms with E-state index in [-0.39, 0.29) is 18.2 Å². The molecular weight excluding hydrogens is 263 g/mol. The molecule has 1 aliphatic heterocycles. The third kappa shape index (κ3) is 4.31. The van der Waals surface area contributed by atoms with Crippen LogP contribution in [0, 0.1) is 5.82 Å². The molecule has 0 aliphatic carbocycles. The Hall–Kier alpha value is -1.95. The molecule has 1 saturated heterocycles. The van der Waals surface area contributed by atoms with Crippen molar-refractivity contribution >= 4 is 17.5 Å². The molecule has 1 unspecified atom stereocenters. The molecule has 0 bridgehead atoms. The zero-order chi connectivity index (χ0) is 14.4. The van der Waals surface area contributed by atoms with Crippen LogP contribution in [0.25, 0.3) is 0 Å². The molecule has 20 heavy (non-hydrogen) atoms. The second-order valence-corrected chi connectivity index (χ2v) is 4.64. The summed E-state index contributed by atoms with van der Waals surface area (Å²) in [5.41, 5.74) is 0.0735. The number of hydrogen-bond acceptors (Lipinski definition) is 3. The average molecular weight is 280 g/mol. The molecule has 0 saturated carbocycles. The van der Waals surface area contributed by atoms with Gasteiger partial charge in [-0.3, -0.25) is 9.59 Å². The van der Waals surface area contributed by atoms with Gasteiger partial charge in [-0.15, -0.1) is 0 Å². The molecule has 1 heterocycles. The van der Waals surface area contributed by atoms with Crippen LogP contribution < -0.4 is 10.6 Å². The van der Waals surface area contributed by atoms with Crippen LogP contribution in [0.2, 0.25) is 0 Å². The van der Waals surface area contributed by atoms with Crippen LogP contribution in [0.4, 0.5) is 10.1 Å². The van der Waals surface area contributed by atoms with Gasteiger partial charge in [0.25, 0.3) is 0 Å². The standard InChI is InChI=1S/C14H17FN2O3/c15-11-5-1-2-6-12(11)17-14(19)8-13(18)16-9-10-4-3-7-20-10/h1-2,5-6,10H,3-4,7-9H2,(H,16,18)(H,17,19). The zero-order valence-electron chi connectivity index (χ0n) is 11.0. The fourth-order valence-electron chi connectivity index (χ4n) is 2.00. The van der Waals surface area contributed by atoms with Crippen LogP contribution in [0.5, 0.6) is 0 Å². The number of hydrogen-bond donors (Lipinski definition) is 2. The van der Waals surface area contributed by atoms with Crippen molar-refractivity contribution in [2.75, 3.05) is 18.5 Å². The van der Waals surface area contributed by atoms with E-state index in [2.05, 4.69) is 10.6 Å². The second kappa shape index (κ2) is 7.00. The lowest BCUT2D eigenvalue weighted by Crippen LogP contribution is -2.34. The van der Waals surface area contributed by atoms with Gasteiger partial charge in [0.15, 0.2) is 0 Å². The first-order valence-corrected chi connectivity index (χ1v) is 6.58. The molecule has 0 radical (unpaired) electrons.